The maximum absolute atomic E-state index is 13.4. The number of carbonyl (C=O) groups excluding carboxylic acids is 2. The number of ether oxygens (including phenoxy) is 1. The van der Waals surface area contributed by atoms with Crippen LogP contribution in [-0.4, -0.2) is 37.2 Å². The van der Waals surface area contributed by atoms with Crippen LogP contribution in [-0.2, 0) is 25.9 Å². The predicted octanol–water partition coefficient (Wildman–Crippen LogP) is 1.64. The lowest BCUT2D eigenvalue weighted by atomic mass is 10.2. The number of para-hydroxylation sites is 1. The molecule has 0 aliphatic carbocycles. The van der Waals surface area contributed by atoms with E-state index in [1.54, 1.807) is 12.1 Å². The lowest BCUT2D eigenvalue weighted by Crippen LogP contribution is -2.30. The van der Waals surface area contributed by atoms with E-state index < -0.39 is 44.7 Å². The molecule has 0 unspecified atom stereocenters. The Labute approximate surface area is 176 Å². The summed E-state index contributed by atoms with van der Waals surface area (Å²) in [5.74, 6) is -2.15. The summed E-state index contributed by atoms with van der Waals surface area (Å²) in [7, 11) is -3.03. The van der Waals surface area contributed by atoms with Gasteiger partial charge in [-0.3, -0.25) is 9.59 Å². The van der Waals surface area contributed by atoms with Gasteiger partial charge in [-0.25, -0.2) is 22.3 Å². The second-order valence-corrected chi connectivity index (χ2v) is 8.11. The third kappa shape index (κ3) is 4.83. The SMILES string of the molecule is COC(=O)c1ccccc1NC(=O)Cn1nc(S(=O)(=O)c2cccc(F)c2)ccc1=O. The number of sulfone groups is 1. The van der Waals surface area contributed by atoms with E-state index >= 15 is 0 Å². The van der Waals surface area contributed by atoms with Crippen LogP contribution in [0.2, 0.25) is 0 Å². The summed E-state index contributed by atoms with van der Waals surface area (Å²) in [6.07, 6.45) is 0. The van der Waals surface area contributed by atoms with Gasteiger partial charge in [0.25, 0.3) is 5.56 Å². The van der Waals surface area contributed by atoms with E-state index in [4.69, 9.17) is 0 Å². The van der Waals surface area contributed by atoms with Crippen LogP contribution in [0.15, 0.2) is 75.4 Å². The Morgan fingerprint density at radius 1 is 1.10 bits per heavy atom. The number of anilines is 1. The number of hydrogen-bond acceptors (Lipinski definition) is 7. The second-order valence-electron chi connectivity index (χ2n) is 6.21. The number of methoxy groups -OCH3 is 1. The number of benzene rings is 2. The van der Waals surface area contributed by atoms with Gasteiger partial charge in [0.1, 0.15) is 12.4 Å². The zero-order valence-corrected chi connectivity index (χ0v) is 16.9. The van der Waals surface area contributed by atoms with Crippen molar-refractivity contribution in [2.45, 2.75) is 16.5 Å². The molecule has 0 fully saturated rings. The molecule has 11 heteroatoms. The number of amides is 1. The highest BCUT2D eigenvalue weighted by Gasteiger charge is 2.22. The van der Waals surface area contributed by atoms with E-state index in [0.717, 1.165) is 24.3 Å². The highest BCUT2D eigenvalue weighted by molar-refractivity contribution is 7.91. The molecule has 1 N–H and O–H groups in total. The molecule has 31 heavy (non-hydrogen) atoms. The molecule has 0 aliphatic heterocycles. The van der Waals surface area contributed by atoms with Crippen molar-refractivity contribution in [3.05, 3.63) is 82.4 Å². The average Bonchev–Trinajstić information content (AvgIpc) is 2.75. The second kappa shape index (κ2) is 8.88. The molecule has 3 rings (SSSR count). The third-order valence-corrected chi connectivity index (χ3v) is 5.77. The fraction of sp³-hybridized carbons (Fsp3) is 0.100. The molecule has 1 heterocycles. The molecule has 1 aromatic heterocycles. The van der Waals surface area contributed by atoms with Crippen LogP contribution in [0.3, 0.4) is 0 Å². The molecule has 0 spiro atoms. The number of carbonyl (C=O) groups is 2. The molecule has 0 saturated carbocycles. The van der Waals surface area contributed by atoms with Crippen molar-refractivity contribution < 1.29 is 27.1 Å². The summed E-state index contributed by atoms with van der Waals surface area (Å²) in [6, 6.07) is 12.3. The first-order valence-corrected chi connectivity index (χ1v) is 10.3. The van der Waals surface area contributed by atoms with Crippen molar-refractivity contribution in [1.29, 1.82) is 0 Å². The lowest BCUT2D eigenvalue weighted by Gasteiger charge is -2.11. The van der Waals surface area contributed by atoms with E-state index in [1.807, 2.05) is 0 Å². The molecule has 160 valence electrons. The Morgan fingerprint density at radius 2 is 1.84 bits per heavy atom. The van der Waals surface area contributed by atoms with Crippen LogP contribution in [0.5, 0.6) is 0 Å². The quantitative estimate of drug-likeness (QED) is 0.572. The van der Waals surface area contributed by atoms with Crippen molar-refractivity contribution in [2.24, 2.45) is 0 Å². The van der Waals surface area contributed by atoms with Gasteiger partial charge in [0.15, 0.2) is 5.03 Å². The Balaban J connectivity index is 1.88. The zero-order valence-electron chi connectivity index (χ0n) is 16.1. The number of aromatic nitrogens is 2. The summed E-state index contributed by atoms with van der Waals surface area (Å²) in [6.45, 7) is -0.624. The zero-order chi connectivity index (χ0) is 22.6. The first-order valence-electron chi connectivity index (χ1n) is 8.78. The molecular weight excluding hydrogens is 429 g/mol. The van der Waals surface area contributed by atoms with E-state index in [1.165, 1.54) is 31.4 Å². The Kier molecular flexibility index (Phi) is 6.25. The molecule has 0 bridgehead atoms. The molecule has 3 aromatic rings. The maximum atomic E-state index is 13.4. The summed E-state index contributed by atoms with van der Waals surface area (Å²) in [5, 5.41) is 5.68. The van der Waals surface area contributed by atoms with Gasteiger partial charge in [-0.05, 0) is 36.4 Å². The molecular formula is C20H16FN3O6S. The van der Waals surface area contributed by atoms with Crippen LogP contribution < -0.4 is 10.9 Å². The smallest absolute Gasteiger partial charge is 0.339 e. The molecule has 0 aliphatic rings. The van der Waals surface area contributed by atoms with Gasteiger partial charge in [0.2, 0.25) is 15.7 Å². The van der Waals surface area contributed by atoms with Gasteiger partial charge in [0, 0.05) is 6.07 Å². The van der Waals surface area contributed by atoms with Crippen LogP contribution >= 0.6 is 0 Å². The molecule has 2 aromatic carbocycles. The summed E-state index contributed by atoms with van der Waals surface area (Å²) < 4.78 is 44.1. The minimum Gasteiger partial charge on any atom is -0.465 e. The Morgan fingerprint density at radius 3 is 2.55 bits per heavy atom. The largest absolute Gasteiger partial charge is 0.465 e. The number of nitrogens with zero attached hydrogens (tertiary/aromatic N) is 2. The van der Waals surface area contributed by atoms with Gasteiger partial charge in [-0.1, -0.05) is 18.2 Å². The van der Waals surface area contributed by atoms with Gasteiger partial charge >= 0.3 is 5.97 Å². The van der Waals surface area contributed by atoms with Crippen molar-refractivity contribution in [1.82, 2.24) is 9.78 Å². The molecule has 0 saturated heterocycles. The van der Waals surface area contributed by atoms with Crippen LogP contribution in [0.4, 0.5) is 10.1 Å². The van der Waals surface area contributed by atoms with Gasteiger partial charge in [0.05, 0.1) is 23.3 Å². The number of halogens is 1. The van der Waals surface area contributed by atoms with Crippen LogP contribution in [0.1, 0.15) is 10.4 Å². The first kappa shape index (κ1) is 21.8. The van der Waals surface area contributed by atoms with E-state index in [9.17, 15) is 27.2 Å². The molecule has 1 amide bonds. The normalized spacial score (nSPS) is 11.0. The number of hydrogen-bond donors (Lipinski definition) is 1. The fourth-order valence-electron chi connectivity index (χ4n) is 2.65. The highest BCUT2D eigenvalue weighted by atomic mass is 32.2. The van der Waals surface area contributed by atoms with Crippen molar-refractivity contribution in [3.63, 3.8) is 0 Å². The predicted molar refractivity (Wildman–Crippen MR) is 107 cm³/mol. The van der Waals surface area contributed by atoms with Crippen molar-refractivity contribution in [2.75, 3.05) is 12.4 Å². The standard InChI is InChI=1S/C20H16FN3O6S/c1-30-20(27)15-7-2-3-8-16(15)22-17(25)12-24-19(26)10-9-18(23-24)31(28,29)14-6-4-5-13(21)11-14/h2-11H,12H2,1H3,(H,22,25). The minimum absolute atomic E-state index is 0.0982. The summed E-state index contributed by atoms with van der Waals surface area (Å²) >= 11 is 0. The summed E-state index contributed by atoms with van der Waals surface area (Å²) in [4.78, 5) is 36.0. The number of esters is 1. The topological polar surface area (TPSA) is 124 Å². The third-order valence-electron chi connectivity index (χ3n) is 4.12. The van der Waals surface area contributed by atoms with Crippen molar-refractivity contribution >= 4 is 27.4 Å². The average molecular weight is 445 g/mol. The highest BCUT2D eigenvalue weighted by Crippen LogP contribution is 2.19. The van der Waals surface area contributed by atoms with Crippen molar-refractivity contribution in [3.8, 4) is 0 Å². The Hall–Kier alpha value is -3.86. The first-order chi connectivity index (χ1) is 14.7. The molecule has 0 radical (unpaired) electrons. The summed E-state index contributed by atoms with van der Waals surface area (Å²) in [5.41, 5.74) is -0.480. The fourth-order valence-corrected chi connectivity index (χ4v) is 3.87. The van der Waals surface area contributed by atoms with E-state index in [-0.39, 0.29) is 16.1 Å². The van der Waals surface area contributed by atoms with E-state index in [0.29, 0.717) is 4.68 Å². The van der Waals surface area contributed by atoms with Gasteiger partial charge in [-0.2, -0.15) is 5.10 Å². The monoisotopic (exact) mass is 445 g/mol. The van der Waals surface area contributed by atoms with Gasteiger partial charge in [-0.15, -0.1) is 0 Å². The number of rotatable bonds is 6. The van der Waals surface area contributed by atoms with Crippen LogP contribution in [0, 0.1) is 5.82 Å². The van der Waals surface area contributed by atoms with E-state index in [2.05, 4.69) is 15.2 Å². The lowest BCUT2D eigenvalue weighted by molar-refractivity contribution is -0.117. The van der Waals surface area contributed by atoms with Gasteiger partial charge < -0.3 is 10.1 Å². The van der Waals surface area contributed by atoms with Crippen LogP contribution in [0.25, 0.3) is 0 Å². The molecule has 9 nitrogen and oxygen atoms in total. The maximum Gasteiger partial charge on any atom is 0.339 e. The Bertz CT molecular complexity index is 1320. The molecule has 0 atom stereocenters. The number of nitrogens with one attached hydrogen (secondary N) is 1. The minimum atomic E-state index is -4.22.